The molecule has 2 rings (SSSR count). The number of nitrogens with zero attached hydrogens (tertiary/aromatic N) is 4. The van der Waals surface area contributed by atoms with Gasteiger partial charge in [0.1, 0.15) is 22.5 Å². The SMILES string of the molecule is COCc1nc(CNc2c(C#N)c(C)nn2C)cs1. The van der Waals surface area contributed by atoms with Gasteiger partial charge >= 0.3 is 0 Å². The van der Waals surface area contributed by atoms with Crippen molar-refractivity contribution >= 4 is 17.2 Å². The Morgan fingerprint density at radius 3 is 3.05 bits per heavy atom. The van der Waals surface area contributed by atoms with Crippen LogP contribution in [0.2, 0.25) is 0 Å². The fourth-order valence-electron chi connectivity index (χ4n) is 1.79. The second-order valence-corrected chi connectivity index (χ2v) is 5.01. The summed E-state index contributed by atoms with van der Waals surface area (Å²) in [6, 6.07) is 2.16. The summed E-state index contributed by atoms with van der Waals surface area (Å²) >= 11 is 1.57. The van der Waals surface area contributed by atoms with Gasteiger partial charge in [0.15, 0.2) is 0 Å². The Kier molecular flexibility index (Phi) is 4.14. The molecule has 19 heavy (non-hydrogen) atoms. The molecule has 2 heterocycles. The Morgan fingerprint density at radius 2 is 2.37 bits per heavy atom. The van der Waals surface area contributed by atoms with Crippen molar-refractivity contribution in [1.29, 1.82) is 5.26 Å². The lowest BCUT2D eigenvalue weighted by Gasteiger charge is -2.04. The topological polar surface area (TPSA) is 75.8 Å². The van der Waals surface area contributed by atoms with E-state index in [1.807, 2.05) is 19.4 Å². The van der Waals surface area contributed by atoms with Crippen molar-refractivity contribution in [1.82, 2.24) is 14.8 Å². The molecule has 6 nitrogen and oxygen atoms in total. The molecule has 0 aromatic carbocycles. The van der Waals surface area contributed by atoms with Crippen LogP contribution in [0.1, 0.15) is 22.0 Å². The molecule has 0 atom stereocenters. The third-order valence-electron chi connectivity index (χ3n) is 2.64. The van der Waals surface area contributed by atoms with Crippen molar-refractivity contribution in [2.24, 2.45) is 7.05 Å². The van der Waals surface area contributed by atoms with E-state index in [2.05, 4.69) is 21.5 Å². The van der Waals surface area contributed by atoms with Gasteiger partial charge in [0.25, 0.3) is 0 Å². The van der Waals surface area contributed by atoms with Crippen molar-refractivity contribution in [2.75, 3.05) is 12.4 Å². The lowest BCUT2D eigenvalue weighted by Crippen LogP contribution is -2.06. The predicted octanol–water partition coefficient (Wildman–Crippen LogP) is 1.82. The number of nitriles is 1. The molecule has 0 spiro atoms. The van der Waals surface area contributed by atoms with Gasteiger partial charge in [-0.25, -0.2) is 4.98 Å². The van der Waals surface area contributed by atoms with E-state index in [0.29, 0.717) is 18.7 Å². The number of aryl methyl sites for hydroxylation is 2. The van der Waals surface area contributed by atoms with Crippen molar-refractivity contribution in [3.8, 4) is 6.07 Å². The predicted molar refractivity (Wildman–Crippen MR) is 72.8 cm³/mol. The van der Waals surface area contributed by atoms with Crippen LogP contribution in [0.15, 0.2) is 5.38 Å². The van der Waals surface area contributed by atoms with Gasteiger partial charge in [0.05, 0.1) is 24.5 Å². The maximum atomic E-state index is 9.11. The number of aromatic nitrogens is 3. The highest BCUT2D eigenvalue weighted by atomic mass is 32.1. The van der Waals surface area contributed by atoms with Crippen molar-refractivity contribution in [3.63, 3.8) is 0 Å². The van der Waals surface area contributed by atoms with Crippen LogP contribution in [0.5, 0.6) is 0 Å². The first-order valence-electron chi connectivity index (χ1n) is 5.75. The van der Waals surface area contributed by atoms with Crippen LogP contribution in [0.25, 0.3) is 0 Å². The van der Waals surface area contributed by atoms with E-state index in [1.165, 1.54) is 0 Å². The van der Waals surface area contributed by atoms with E-state index in [-0.39, 0.29) is 0 Å². The number of methoxy groups -OCH3 is 1. The Bertz CT molecular complexity index is 610. The van der Waals surface area contributed by atoms with Gasteiger partial charge in [-0.05, 0) is 6.92 Å². The highest BCUT2D eigenvalue weighted by molar-refractivity contribution is 7.09. The maximum absolute atomic E-state index is 9.11. The molecular weight excluding hydrogens is 262 g/mol. The van der Waals surface area contributed by atoms with Crippen molar-refractivity contribution in [3.05, 3.63) is 27.3 Å². The van der Waals surface area contributed by atoms with Crippen LogP contribution >= 0.6 is 11.3 Å². The van der Waals surface area contributed by atoms with E-state index >= 15 is 0 Å². The lowest BCUT2D eigenvalue weighted by molar-refractivity contribution is 0.184. The molecule has 0 saturated heterocycles. The third kappa shape index (κ3) is 2.92. The summed E-state index contributed by atoms with van der Waals surface area (Å²) in [6.45, 7) is 2.91. The van der Waals surface area contributed by atoms with E-state index in [1.54, 1.807) is 23.1 Å². The molecule has 0 unspecified atom stereocenters. The molecule has 0 fully saturated rings. The number of hydrogen-bond donors (Lipinski definition) is 1. The Labute approximate surface area is 115 Å². The monoisotopic (exact) mass is 277 g/mol. The first kappa shape index (κ1) is 13.5. The second-order valence-electron chi connectivity index (χ2n) is 4.06. The molecule has 0 saturated carbocycles. The van der Waals surface area contributed by atoms with Crippen LogP contribution in [-0.2, 0) is 24.9 Å². The third-order valence-corrected chi connectivity index (χ3v) is 3.51. The quantitative estimate of drug-likeness (QED) is 0.902. The zero-order chi connectivity index (χ0) is 13.8. The average molecular weight is 277 g/mol. The first-order valence-corrected chi connectivity index (χ1v) is 6.63. The first-order chi connectivity index (χ1) is 9.15. The minimum absolute atomic E-state index is 0.527. The molecule has 0 bridgehead atoms. The van der Waals surface area contributed by atoms with Gasteiger partial charge in [-0.2, -0.15) is 10.4 Å². The van der Waals surface area contributed by atoms with Crippen LogP contribution in [0, 0.1) is 18.3 Å². The summed E-state index contributed by atoms with van der Waals surface area (Å²) in [5, 5.41) is 19.5. The molecule has 7 heteroatoms. The summed E-state index contributed by atoms with van der Waals surface area (Å²) in [7, 11) is 3.46. The highest BCUT2D eigenvalue weighted by Gasteiger charge is 2.12. The molecule has 100 valence electrons. The zero-order valence-electron chi connectivity index (χ0n) is 11.1. The van der Waals surface area contributed by atoms with Crippen LogP contribution < -0.4 is 5.32 Å². The number of thiazole rings is 1. The van der Waals surface area contributed by atoms with E-state index in [9.17, 15) is 0 Å². The Hall–Kier alpha value is -1.91. The average Bonchev–Trinajstić information content (AvgIpc) is 2.92. The van der Waals surface area contributed by atoms with Crippen LogP contribution in [0.3, 0.4) is 0 Å². The smallest absolute Gasteiger partial charge is 0.142 e. The van der Waals surface area contributed by atoms with Crippen molar-refractivity contribution in [2.45, 2.75) is 20.1 Å². The van der Waals surface area contributed by atoms with Gasteiger partial charge < -0.3 is 10.1 Å². The molecule has 1 N–H and O–H groups in total. The number of hydrogen-bond acceptors (Lipinski definition) is 6. The van der Waals surface area contributed by atoms with Gasteiger partial charge in [0.2, 0.25) is 0 Å². The highest BCUT2D eigenvalue weighted by Crippen LogP contribution is 2.19. The van der Waals surface area contributed by atoms with Crippen LogP contribution in [-0.4, -0.2) is 21.9 Å². The zero-order valence-corrected chi connectivity index (χ0v) is 11.9. The van der Waals surface area contributed by atoms with Gasteiger partial charge in [-0.15, -0.1) is 11.3 Å². The minimum atomic E-state index is 0.527. The second kappa shape index (κ2) is 5.82. The normalized spacial score (nSPS) is 10.4. The van der Waals surface area contributed by atoms with Crippen molar-refractivity contribution < 1.29 is 4.74 Å². The van der Waals surface area contributed by atoms with E-state index < -0.39 is 0 Å². The number of rotatable bonds is 5. The minimum Gasteiger partial charge on any atom is -0.378 e. The lowest BCUT2D eigenvalue weighted by atomic mass is 10.2. The molecule has 0 radical (unpaired) electrons. The Morgan fingerprint density at radius 1 is 1.58 bits per heavy atom. The number of nitrogens with one attached hydrogen (secondary N) is 1. The molecule has 2 aromatic heterocycles. The number of anilines is 1. The van der Waals surface area contributed by atoms with E-state index in [4.69, 9.17) is 10.00 Å². The summed E-state index contributed by atoms with van der Waals surface area (Å²) in [5.41, 5.74) is 2.24. The fraction of sp³-hybridized carbons (Fsp3) is 0.417. The summed E-state index contributed by atoms with van der Waals surface area (Å²) < 4.78 is 6.71. The molecule has 2 aromatic rings. The fourth-order valence-corrected chi connectivity index (χ4v) is 2.55. The standard InChI is InChI=1S/C12H15N5OS/c1-8-10(4-13)12(17(2)16-8)14-5-9-7-19-11(15-9)6-18-3/h7,14H,5-6H2,1-3H3. The summed E-state index contributed by atoms with van der Waals surface area (Å²) in [4.78, 5) is 4.43. The molecule has 0 amide bonds. The molecule has 0 aliphatic rings. The molecule has 0 aliphatic carbocycles. The molecule has 0 aliphatic heterocycles. The summed E-state index contributed by atoms with van der Waals surface area (Å²) in [5.74, 6) is 0.723. The largest absolute Gasteiger partial charge is 0.378 e. The van der Waals surface area contributed by atoms with Gasteiger partial charge in [-0.3, -0.25) is 4.68 Å². The van der Waals surface area contributed by atoms with E-state index in [0.717, 1.165) is 22.2 Å². The maximum Gasteiger partial charge on any atom is 0.142 e. The van der Waals surface area contributed by atoms with Gasteiger partial charge in [-0.1, -0.05) is 0 Å². The number of ether oxygens (including phenoxy) is 1. The van der Waals surface area contributed by atoms with Crippen LogP contribution in [0.4, 0.5) is 5.82 Å². The molecular formula is C12H15N5OS. The Balaban J connectivity index is 2.08. The summed E-state index contributed by atoms with van der Waals surface area (Å²) in [6.07, 6.45) is 0. The van der Waals surface area contributed by atoms with Gasteiger partial charge in [0, 0.05) is 19.5 Å².